The topological polar surface area (TPSA) is 88.2 Å². The molecule has 0 spiro atoms. The van der Waals surface area contributed by atoms with E-state index >= 15 is 0 Å². The fourth-order valence-electron chi connectivity index (χ4n) is 1.57. The van der Waals surface area contributed by atoms with Crippen LogP contribution in [0.4, 0.5) is 11.4 Å². The summed E-state index contributed by atoms with van der Waals surface area (Å²) in [6.45, 7) is 0. The van der Waals surface area contributed by atoms with Crippen LogP contribution in [0, 0.1) is 0 Å². The molecule has 0 unspecified atom stereocenters. The van der Waals surface area contributed by atoms with Crippen molar-refractivity contribution in [3.05, 3.63) is 48.3 Å². The molecular formula is C13H13N3O2. The van der Waals surface area contributed by atoms with Crippen molar-refractivity contribution in [3.8, 4) is 5.75 Å². The van der Waals surface area contributed by atoms with Crippen LogP contribution in [0.25, 0.3) is 0 Å². The van der Waals surface area contributed by atoms with E-state index in [0.29, 0.717) is 11.4 Å². The molecule has 0 saturated carbocycles. The third kappa shape index (κ3) is 2.98. The quantitative estimate of drug-likeness (QED) is 0.763. The molecular weight excluding hydrogens is 230 g/mol. The fourth-order valence-corrected chi connectivity index (χ4v) is 1.57. The van der Waals surface area contributed by atoms with Crippen LogP contribution in [-0.4, -0.2) is 16.0 Å². The molecule has 0 aliphatic heterocycles. The second kappa shape index (κ2) is 5.18. The van der Waals surface area contributed by atoms with Crippen LogP contribution in [-0.2, 0) is 11.2 Å². The van der Waals surface area contributed by atoms with Crippen LogP contribution in [0.15, 0.2) is 42.7 Å². The van der Waals surface area contributed by atoms with Gasteiger partial charge in [-0.05, 0) is 23.8 Å². The Morgan fingerprint density at radius 1 is 1.39 bits per heavy atom. The van der Waals surface area contributed by atoms with Crippen molar-refractivity contribution < 1.29 is 9.90 Å². The Hall–Kier alpha value is -2.56. The summed E-state index contributed by atoms with van der Waals surface area (Å²) in [6.07, 6.45) is 3.21. The maximum atomic E-state index is 11.8. The number of hydrogen-bond acceptors (Lipinski definition) is 4. The number of phenolic OH excluding ortho intramolecular Hbond substituents is 1. The molecule has 5 nitrogen and oxygen atoms in total. The Bertz CT molecular complexity index is 570. The van der Waals surface area contributed by atoms with Gasteiger partial charge in [0, 0.05) is 6.20 Å². The highest BCUT2D eigenvalue weighted by atomic mass is 16.3. The van der Waals surface area contributed by atoms with Crippen molar-refractivity contribution in [1.82, 2.24) is 4.98 Å². The third-order valence-electron chi connectivity index (χ3n) is 2.40. The number of aromatic hydroxyl groups is 1. The highest BCUT2D eigenvalue weighted by Crippen LogP contribution is 2.16. The molecule has 2 aromatic rings. The molecule has 2 rings (SSSR count). The number of hydrogen-bond donors (Lipinski definition) is 3. The van der Waals surface area contributed by atoms with Crippen molar-refractivity contribution in [2.24, 2.45) is 0 Å². The lowest BCUT2D eigenvalue weighted by Gasteiger charge is -2.07. The molecule has 4 N–H and O–H groups in total. The molecule has 0 aliphatic rings. The first-order chi connectivity index (χ1) is 8.65. The van der Waals surface area contributed by atoms with Gasteiger partial charge in [-0.3, -0.25) is 9.78 Å². The van der Waals surface area contributed by atoms with E-state index in [1.165, 1.54) is 6.20 Å². The number of nitrogen functional groups attached to an aromatic ring is 1. The first-order valence-corrected chi connectivity index (χ1v) is 5.42. The number of nitrogens with zero attached hydrogens (tertiary/aromatic N) is 1. The molecule has 0 aliphatic carbocycles. The fraction of sp³-hybridized carbons (Fsp3) is 0.0769. The molecule has 0 fully saturated rings. The molecule has 92 valence electrons. The lowest BCUT2D eigenvalue weighted by molar-refractivity contribution is -0.115. The molecule has 1 heterocycles. The lowest BCUT2D eigenvalue weighted by Crippen LogP contribution is -2.15. The Morgan fingerprint density at radius 2 is 2.22 bits per heavy atom. The van der Waals surface area contributed by atoms with E-state index in [4.69, 9.17) is 5.73 Å². The zero-order valence-electron chi connectivity index (χ0n) is 9.63. The number of carbonyl (C=O) groups is 1. The summed E-state index contributed by atoms with van der Waals surface area (Å²) in [6, 6.07) is 8.21. The summed E-state index contributed by atoms with van der Waals surface area (Å²) in [5.74, 6) is -0.0535. The summed E-state index contributed by atoms with van der Waals surface area (Å²) >= 11 is 0. The first-order valence-electron chi connectivity index (χ1n) is 5.42. The Balaban J connectivity index is 2.03. The average molecular weight is 243 g/mol. The maximum Gasteiger partial charge on any atom is 0.228 e. The zero-order valence-corrected chi connectivity index (χ0v) is 9.63. The van der Waals surface area contributed by atoms with Gasteiger partial charge in [0.1, 0.15) is 5.75 Å². The van der Waals surface area contributed by atoms with Gasteiger partial charge in [-0.1, -0.05) is 12.1 Å². The molecule has 5 heteroatoms. The van der Waals surface area contributed by atoms with Gasteiger partial charge in [-0.15, -0.1) is 0 Å². The summed E-state index contributed by atoms with van der Waals surface area (Å²) in [7, 11) is 0. The van der Waals surface area contributed by atoms with Crippen LogP contribution in [0.2, 0.25) is 0 Å². The van der Waals surface area contributed by atoms with E-state index in [1.54, 1.807) is 36.5 Å². The van der Waals surface area contributed by atoms with Crippen molar-refractivity contribution in [2.45, 2.75) is 6.42 Å². The summed E-state index contributed by atoms with van der Waals surface area (Å²) < 4.78 is 0. The predicted molar refractivity (Wildman–Crippen MR) is 69.1 cm³/mol. The van der Waals surface area contributed by atoms with Gasteiger partial charge in [0.05, 0.1) is 24.0 Å². The molecule has 0 atom stereocenters. The van der Waals surface area contributed by atoms with E-state index in [-0.39, 0.29) is 18.1 Å². The van der Waals surface area contributed by atoms with Gasteiger partial charge >= 0.3 is 0 Å². The number of amides is 1. The molecule has 18 heavy (non-hydrogen) atoms. The number of aromatic nitrogens is 1. The van der Waals surface area contributed by atoms with E-state index in [1.807, 2.05) is 0 Å². The Morgan fingerprint density at radius 3 is 2.94 bits per heavy atom. The van der Waals surface area contributed by atoms with Gasteiger partial charge in [0.25, 0.3) is 0 Å². The maximum absolute atomic E-state index is 11.8. The minimum absolute atomic E-state index is 0.142. The highest BCUT2D eigenvalue weighted by Gasteiger charge is 2.06. The zero-order chi connectivity index (χ0) is 13.0. The number of pyridine rings is 1. The second-order valence-corrected chi connectivity index (χ2v) is 3.86. The molecule has 1 aromatic heterocycles. The SMILES string of the molecule is Nc1cnccc1NC(=O)Cc1cccc(O)c1. The van der Waals surface area contributed by atoms with Crippen LogP contribution >= 0.6 is 0 Å². The van der Waals surface area contributed by atoms with Crippen molar-refractivity contribution >= 4 is 17.3 Å². The van der Waals surface area contributed by atoms with Crippen molar-refractivity contribution in [1.29, 1.82) is 0 Å². The second-order valence-electron chi connectivity index (χ2n) is 3.86. The largest absolute Gasteiger partial charge is 0.508 e. The predicted octanol–water partition coefficient (Wildman–Crippen LogP) is 1.55. The number of phenols is 1. The normalized spacial score (nSPS) is 10.0. The van der Waals surface area contributed by atoms with E-state index in [2.05, 4.69) is 10.3 Å². The Kier molecular flexibility index (Phi) is 3.43. The molecule has 0 radical (unpaired) electrons. The minimum Gasteiger partial charge on any atom is -0.508 e. The van der Waals surface area contributed by atoms with Gasteiger partial charge in [0.15, 0.2) is 0 Å². The summed E-state index contributed by atoms with van der Waals surface area (Å²) in [5, 5.41) is 12.0. The lowest BCUT2D eigenvalue weighted by atomic mass is 10.1. The highest BCUT2D eigenvalue weighted by molar-refractivity contribution is 5.94. The number of benzene rings is 1. The molecule has 0 bridgehead atoms. The van der Waals surface area contributed by atoms with E-state index < -0.39 is 0 Å². The van der Waals surface area contributed by atoms with Crippen molar-refractivity contribution in [2.75, 3.05) is 11.1 Å². The summed E-state index contributed by atoms with van der Waals surface area (Å²) in [5.41, 5.74) is 7.36. The molecule has 1 amide bonds. The van der Waals surface area contributed by atoms with E-state index in [0.717, 1.165) is 5.56 Å². The summed E-state index contributed by atoms with van der Waals surface area (Å²) in [4.78, 5) is 15.6. The van der Waals surface area contributed by atoms with Gasteiger partial charge < -0.3 is 16.2 Å². The standard InChI is InChI=1S/C13H13N3O2/c14-11-8-15-5-4-12(11)16-13(18)7-9-2-1-3-10(17)6-9/h1-6,8,17H,7,14H2,(H,15,16,18). The van der Waals surface area contributed by atoms with Crippen LogP contribution in [0.5, 0.6) is 5.75 Å². The first kappa shape index (κ1) is 11.9. The van der Waals surface area contributed by atoms with Gasteiger partial charge in [0.2, 0.25) is 5.91 Å². The van der Waals surface area contributed by atoms with Gasteiger partial charge in [-0.2, -0.15) is 0 Å². The minimum atomic E-state index is -0.196. The van der Waals surface area contributed by atoms with Crippen LogP contribution in [0.1, 0.15) is 5.56 Å². The average Bonchev–Trinajstić information content (AvgIpc) is 2.32. The van der Waals surface area contributed by atoms with Crippen molar-refractivity contribution in [3.63, 3.8) is 0 Å². The Labute approximate surface area is 104 Å². The molecule has 0 saturated heterocycles. The van der Waals surface area contributed by atoms with E-state index in [9.17, 15) is 9.90 Å². The number of rotatable bonds is 3. The molecule has 1 aromatic carbocycles. The number of carbonyl (C=O) groups excluding carboxylic acids is 1. The van der Waals surface area contributed by atoms with Gasteiger partial charge in [-0.25, -0.2) is 0 Å². The van der Waals surface area contributed by atoms with Crippen LogP contribution < -0.4 is 11.1 Å². The monoisotopic (exact) mass is 243 g/mol. The number of nitrogens with two attached hydrogens (primary N) is 1. The number of nitrogens with one attached hydrogen (secondary N) is 1. The van der Waals surface area contributed by atoms with Crippen LogP contribution in [0.3, 0.4) is 0 Å². The smallest absolute Gasteiger partial charge is 0.228 e. The number of anilines is 2. The third-order valence-corrected chi connectivity index (χ3v) is 2.40.